The Morgan fingerprint density at radius 2 is 1.44 bits per heavy atom. The summed E-state index contributed by atoms with van der Waals surface area (Å²) < 4.78 is 17.1. The summed E-state index contributed by atoms with van der Waals surface area (Å²) in [7, 11) is 0. The highest BCUT2D eigenvalue weighted by molar-refractivity contribution is 7.13. The van der Waals surface area contributed by atoms with E-state index < -0.39 is 35.4 Å². The maximum atomic E-state index is 14.0. The molecule has 1 aliphatic heterocycles. The molecule has 1 saturated heterocycles. The number of rotatable bonds is 24. The number of carbonyl (C=O) groups is 4. The summed E-state index contributed by atoms with van der Waals surface area (Å²) in [5.74, 6) is -0.106. The van der Waals surface area contributed by atoms with Gasteiger partial charge in [-0.1, -0.05) is 99.6 Å². The molecule has 1 aliphatic rings. The van der Waals surface area contributed by atoms with Crippen LogP contribution in [-0.2, 0) is 35.2 Å². The highest BCUT2D eigenvalue weighted by Gasteiger charge is 2.44. The predicted molar refractivity (Wildman–Crippen MR) is 273 cm³/mol. The number of hydrogen-bond donors (Lipinski definition) is 5. The summed E-state index contributed by atoms with van der Waals surface area (Å²) in [6.45, 7) is 8.96. The Kier molecular flexibility index (Phi) is 19.9. The molecule has 0 aliphatic carbocycles. The number of phenolic OH excluding ortho intramolecular Hbond substituents is 1. The van der Waals surface area contributed by atoms with Crippen LogP contribution in [0, 0.1) is 12.3 Å². The number of ether oxygens (including phenoxy) is 3. The van der Waals surface area contributed by atoms with Crippen LogP contribution < -0.4 is 20.7 Å². The number of carbonyl (C=O) groups excluding carboxylic acids is 4. The van der Waals surface area contributed by atoms with Crippen LogP contribution in [0.2, 0.25) is 0 Å². The molecule has 14 nitrogen and oxygen atoms in total. The lowest BCUT2D eigenvalue weighted by Gasteiger charge is -2.35. The van der Waals surface area contributed by atoms with Crippen molar-refractivity contribution in [1.29, 1.82) is 0 Å². The molecule has 70 heavy (non-hydrogen) atoms. The largest absolute Gasteiger partial charge is 0.508 e. The molecule has 4 amide bonds. The second kappa shape index (κ2) is 26.2. The first-order chi connectivity index (χ1) is 33.7. The van der Waals surface area contributed by atoms with Crippen molar-refractivity contribution in [1.82, 2.24) is 25.8 Å². The van der Waals surface area contributed by atoms with E-state index in [1.807, 2.05) is 112 Å². The number of aromatic nitrogens is 1. The highest BCUT2D eigenvalue weighted by atomic mass is 35.5. The molecule has 372 valence electrons. The molecular formula is C54H64ClN5O9S. The minimum atomic E-state index is -0.953. The molecule has 3 atom stereocenters. The normalized spacial score (nSPS) is 15.5. The van der Waals surface area contributed by atoms with Gasteiger partial charge in [0.1, 0.15) is 30.2 Å². The third-order valence-electron chi connectivity index (χ3n) is 11.8. The van der Waals surface area contributed by atoms with E-state index in [9.17, 15) is 29.4 Å². The molecule has 5 N–H and O–H groups in total. The maximum Gasteiger partial charge on any atom is 0.246 e. The van der Waals surface area contributed by atoms with Crippen molar-refractivity contribution in [3.05, 3.63) is 137 Å². The number of benzene rings is 4. The first-order valence-corrected chi connectivity index (χ1v) is 25.0. The van der Waals surface area contributed by atoms with Gasteiger partial charge in [0.25, 0.3) is 0 Å². The number of nitrogens with one attached hydrogen (secondary N) is 3. The number of hydrogen-bond acceptors (Lipinski definition) is 11. The lowest BCUT2D eigenvalue weighted by atomic mass is 9.85. The third kappa shape index (κ3) is 15.4. The fourth-order valence-corrected chi connectivity index (χ4v) is 9.12. The fourth-order valence-electron chi connectivity index (χ4n) is 8.12. The molecule has 0 saturated carbocycles. The maximum absolute atomic E-state index is 14.0. The summed E-state index contributed by atoms with van der Waals surface area (Å²) in [4.78, 5) is 59.7. The predicted octanol–water partition coefficient (Wildman–Crippen LogP) is 7.53. The van der Waals surface area contributed by atoms with E-state index in [1.54, 1.807) is 23.5 Å². The molecule has 0 unspecified atom stereocenters. The lowest BCUT2D eigenvalue weighted by molar-refractivity contribution is -0.144. The number of nitrogens with zero attached hydrogens (tertiary/aromatic N) is 2. The number of allylic oxidation sites excluding steroid dienone is 1. The van der Waals surface area contributed by atoms with Crippen LogP contribution in [0.4, 0.5) is 0 Å². The Morgan fingerprint density at radius 1 is 0.800 bits per heavy atom. The number of thiazole rings is 1. The Morgan fingerprint density at radius 3 is 2.06 bits per heavy atom. The average Bonchev–Trinajstić information content (AvgIpc) is 3.97. The first kappa shape index (κ1) is 53.3. The van der Waals surface area contributed by atoms with Crippen molar-refractivity contribution in [2.75, 3.05) is 52.0 Å². The number of phenols is 1. The Bertz CT molecular complexity index is 2510. The molecular weight excluding hydrogens is 930 g/mol. The standard InChI is InChI=1S/C54H64ClN5O9S/c1-36-50(70-35-58-36)41-12-10-37(11-13-41)33-57-52(65)46-32-43(62)34-60(46)53(66)51(54(2,3)4)59-48(64)24-28-68-31-30-67-27-23-47(63)56-26-29-69-44-20-16-40(17-21-44)49(39-14-18-42(61)19-15-39)45(22-25-55)38-8-6-5-7-9-38/h5-21,35,43,46,51,61-62H,22-34H2,1-4H3,(H,56,63)(H,57,65)(H,59,64)/t43-,46+,51-/m1/s1. The minimum absolute atomic E-state index is 0.00990. The molecule has 0 bridgehead atoms. The second-order valence-electron chi connectivity index (χ2n) is 18.1. The number of halogens is 1. The van der Waals surface area contributed by atoms with Crippen molar-refractivity contribution in [2.45, 2.75) is 78.1 Å². The van der Waals surface area contributed by atoms with E-state index in [0.717, 1.165) is 49.5 Å². The zero-order valence-electron chi connectivity index (χ0n) is 40.2. The topological polar surface area (TPSA) is 189 Å². The summed E-state index contributed by atoms with van der Waals surface area (Å²) in [6, 6.07) is 31.0. The molecule has 0 spiro atoms. The highest BCUT2D eigenvalue weighted by Crippen LogP contribution is 2.36. The van der Waals surface area contributed by atoms with Crippen LogP contribution in [0.1, 0.15) is 74.4 Å². The van der Waals surface area contributed by atoms with Crippen molar-refractivity contribution in [3.63, 3.8) is 0 Å². The molecule has 5 aromatic rings. The third-order valence-corrected chi connectivity index (χ3v) is 13.0. The first-order valence-electron chi connectivity index (χ1n) is 23.6. The number of likely N-dealkylation sites (tertiary alicyclic amines) is 1. The Hall–Kier alpha value is -6.10. The number of aliphatic hydroxyl groups is 1. The van der Waals surface area contributed by atoms with Crippen LogP contribution in [-0.4, -0.2) is 114 Å². The van der Waals surface area contributed by atoms with E-state index in [4.69, 9.17) is 25.8 Å². The zero-order valence-corrected chi connectivity index (χ0v) is 41.8. The van der Waals surface area contributed by atoms with Gasteiger partial charge in [-0.15, -0.1) is 22.9 Å². The van der Waals surface area contributed by atoms with Gasteiger partial charge in [-0.05, 0) is 82.0 Å². The molecule has 2 heterocycles. The van der Waals surface area contributed by atoms with Crippen LogP contribution in [0.3, 0.4) is 0 Å². The number of aryl methyl sites for hydroxylation is 1. The van der Waals surface area contributed by atoms with Gasteiger partial charge in [-0.2, -0.15) is 0 Å². The van der Waals surface area contributed by atoms with Gasteiger partial charge in [-0.3, -0.25) is 19.2 Å². The summed E-state index contributed by atoms with van der Waals surface area (Å²) >= 11 is 7.85. The number of amides is 4. The van der Waals surface area contributed by atoms with Gasteiger partial charge in [0, 0.05) is 38.2 Å². The van der Waals surface area contributed by atoms with Crippen LogP contribution in [0.15, 0.2) is 109 Å². The van der Waals surface area contributed by atoms with Crippen molar-refractivity contribution < 1.29 is 43.6 Å². The second-order valence-corrected chi connectivity index (χ2v) is 19.3. The SMILES string of the molecule is Cc1ncsc1-c1ccc(CNC(=O)[C@@H]2C[C@@H](O)CN2C(=O)[C@@H](NC(=O)CCOCCOCCC(=O)NCCOc2ccc(C(=C(CCCl)c3ccccc3)c3ccc(O)cc3)cc2)C(C)(C)C)cc1. The zero-order chi connectivity index (χ0) is 50.0. The van der Waals surface area contributed by atoms with Gasteiger partial charge in [0.2, 0.25) is 23.6 Å². The van der Waals surface area contributed by atoms with Gasteiger partial charge in [0.05, 0.1) is 55.2 Å². The Labute approximate surface area is 419 Å². The lowest BCUT2D eigenvalue weighted by Crippen LogP contribution is -2.57. The van der Waals surface area contributed by atoms with Crippen molar-refractivity contribution in [2.24, 2.45) is 5.41 Å². The van der Waals surface area contributed by atoms with E-state index in [2.05, 4.69) is 33.1 Å². The molecule has 1 aromatic heterocycles. The Balaban J connectivity index is 0.860. The van der Waals surface area contributed by atoms with E-state index >= 15 is 0 Å². The summed E-state index contributed by atoms with van der Waals surface area (Å²) in [5, 5.41) is 29.1. The minimum Gasteiger partial charge on any atom is -0.508 e. The van der Waals surface area contributed by atoms with E-state index in [-0.39, 0.29) is 83.0 Å². The van der Waals surface area contributed by atoms with Gasteiger partial charge in [0.15, 0.2) is 0 Å². The number of aliphatic hydroxyl groups excluding tert-OH is 1. The van der Waals surface area contributed by atoms with Crippen LogP contribution in [0.5, 0.6) is 11.5 Å². The summed E-state index contributed by atoms with van der Waals surface area (Å²) in [6.07, 6.45) is 0.00430. The van der Waals surface area contributed by atoms with Crippen LogP contribution >= 0.6 is 22.9 Å². The molecule has 6 rings (SSSR count). The van der Waals surface area contributed by atoms with Gasteiger partial charge < -0.3 is 45.3 Å². The average molecular weight is 995 g/mol. The summed E-state index contributed by atoms with van der Waals surface area (Å²) in [5.41, 5.74) is 9.10. The number of alkyl halides is 1. The smallest absolute Gasteiger partial charge is 0.246 e. The molecule has 4 aromatic carbocycles. The van der Waals surface area contributed by atoms with E-state index in [1.165, 1.54) is 4.90 Å². The fraction of sp³-hybridized carbons (Fsp3) is 0.389. The molecule has 0 radical (unpaired) electrons. The van der Waals surface area contributed by atoms with E-state index in [0.29, 0.717) is 24.6 Å². The quantitative estimate of drug-likeness (QED) is 0.0235. The number of β-amino-alcohol motifs (C(OH)–C–C–N with tert-alkyl or cyclic N) is 1. The monoisotopic (exact) mass is 993 g/mol. The van der Waals surface area contributed by atoms with Gasteiger partial charge in [-0.25, -0.2) is 4.98 Å². The van der Waals surface area contributed by atoms with Gasteiger partial charge >= 0.3 is 0 Å². The molecule has 1 fully saturated rings. The van der Waals surface area contributed by atoms with Crippen molar-refractivity contribution >= 4 is 57.7 Å². The number of aromatic hydroxyl groups is 1. The van der Waals surface area contributed by atoms with Crippen molar-refractivity contribution in [3.8, 4) is 21.9 Å². The van der Waals surface area contributed by atoms with Crippen LogP contribution in [0.25, 0.3) is 21.6 Å². The molecule has 16 heteroatoms.